The summed E-state index contributed by atoms with van der Waals surface area (Å²) >= 11 is 0. The summed E-state index contributed by atoms with van der Waals surface area (Å²) in [7, 11) is 1.63. The van der Waals surface area contributed by atoms with Crippen molar-refractivity contribution in [2.75, 3.05) is 13.7 Å². The zero-order valence-electron chi connectivity index (χ0n) is 16.6. The van der Waals surface area contributed by atoms with Crippen molar-refractivity contribution in [3.63, 3.8) is 0 Å². The molecule has 27 heavy (non-hydrogen) atoms. The van der Waals surface area contributed by atoms with Crippen LogP contribution in [-0.4, -0.2) is 35.4 Å². The number of methoxy groups -OCH3 is 1. The molecule has 0 bridgehead atoms. The maximum absolute atomic E-state index is 12.7. The van der Waals surface area contributed by atoms with Crippen molar-refractivity contribution in [1.29, 1.82) is 0 Å². The number of ether oxygens (including phenoxy) is 2. The van der Waals surface area contributed by atoms with Gasteiger partial charge < -0.3 is 14.6 Å². The Morgan fingerprint density at radius 1 is 1.00 bits per heavy atom. The number of carbonyl (C=O) groups excluding carboxylic acids is 1. The molecule has 2 aromatic carbocycles. The third-order valence-corrected chi connectivity index (χ3v) is 3.95. The molecule has 2 aromatic rings. The molecule has 0 heterocycles. The summed E-state index contributed by atoms with van der Waals surface area (Å²) in [6.07, 6.45) is 0.240. The number of amides is 1. The van der Waals surface area contributed by atoms with Gasteiger partial charge in [-0.1, -0.05) is 36.4 Å². The summed E-state index contributed by atoms with van der Waals surface area (Å²) in [5.74, 6) is 0.777. The van der Waals surface area contributed by atoms with E-state index in [0.29, 0.717) is 19.5 Å². The summed E-state index contributed by atoms with van der Waals surface area (Å²) in [5, 5.41) is 9.15. The van der Waals surface area contributed by atoms with Gasteiger partial charge in [0, 0.05) is 19.7 Å². The van der Waals surface area contributed by atoms with Crippen molar-refractivity contribution >= 4 is 6.09 Å². The van der Waals surface area contributed by atoms with Crippen LogP contribution < -0.4 is 4.74 Å². The first kappa shape index (κ1) is 20.8. The van der Waals surface area contributed by atoms with Gasteiger partial charge in [0.15, 0.2) is 0 Å². The lowest BCUT2D eigenvalue weighted by Gasteiger charge is -2.28. The predicted octanol–water partition coefficient (Wildman–Crippen LogP) is 4.17. The Morgan fingerprint density at radius 2 is 1.63 bits per heavy atom. The molecule has 1 amide bonds. The van der Waals surface area contributed by atoms with Crippen molar-refractivity contribution in [2.45, 2.75) is 45.9 Å². The Morgan fingerprint density at radius 3 is 2.22 bits per heavy atom. The highest BCUT2D eigenvalue weighted by Crippen LogP contribution is 2.18. The smallest absolute Gasteiger partial charge is 0.410 e. The predicted molar refractivity (Wildman–Crippen MR) is 106 cm³/mol. The zero-order valence-corrected chi connectivity index (χ0v) is 16.6. The summed E-state index contributed by atoms with van der Waals surface area (Å²) in [4.78, 5) is 14.4. The van der Waals surface area contributed by atoms with Crippen molar-refractivity contribution in [3.05, 3.63) is 65.2 Å². The molecule has 0 unspecified atom stereocenters. The van der Waals surface area contributed by atoms with Gasteiger partial charge in [-0.2, -0.15) is 0 Å². The number of nitrogens with zero attached hydrogens (tertiary/aromatic N) is 1. The van der Waals surface area contributed by atoms with Crippen LogP contribution >= 0.6 is 0 Å². The maximum Gasteiger partial charge on any atom is 0.410 e. The monoisotopic (exact) mass is 371 g/mol. The highest BCUT2D eigenvalue weighted by molar-refractivity contribution is 5.68. The Kier molecular flexibility index (Phi) is 7.25. The Labute approximate surface area is 161 Å². The van der Waals surface area contributed by atoms with E-state index in [0.717, 1.165) is 22.4 Å². The topological polar surface area (TPSA) is 59.0 Å². The minimum absolute atomic E-state index is 0.102. The molecular weight excluding hydrogens is 342 g/mol. The molecule has 0 aromatic heterocycles. The van der Waals surface area contributed by atoms with E-state index in [1.807, 2.05) is 69.3 Å². The maximum atomic E-state index is 12.7. The van der Waals surface area contributed by atoms with Crippen molar-refractivity contribution in [1.82, 2.24) is 4.90 Å². The number of aliphatic hydroxyl groups is 1. The van der Waals surface area contributed by atoms with E-state index in [1.165, 1.54) is 0 Å². The highest BCUT2D eigenvalue weighted by Gasteiger charge is 2.22. The first-order valence-electron chi connectivity index (χ1n) is 9.10. The quantitative estimate of drug-likeness (QED) is 0.794. The molecule has 0 saturated heterocycles. The van der Waals surface area contributed by atoms with Crippen LogP contribution in [0, 0.1) is 0 Å². The van der Waals surface area contributed by atoms with Gasteiger partial charge in [-0.25, -0.2) is 4.79 Å². The number of carbonyl (C=O) groups is 1. The number of hydrogen-bond donors (Lipinski definition) is 1. The van der Waals surface area contributed by atoms with Gasteiger partial charge in [-0.15, -0.1) is 0 Å². The van der Waals surface area contributed by atoms with E-state index >= 15 is 0 Å². The van der Waals surface area contributed by atoms with E-state index in [1.54, 1.807) is 12.0 Å². The lowest BCUT2D eigenvalue weighted by Crippen LogP contribution is -2.36. The SMILES string of the molecule is COc1ccc(CN(Cc2cccc(CCO)c2)C(=O)OC(C)(C)C)cc1. The Hall–Kier alpha value is -2.53. The van der Waals surface area contributed by atoms with Crippen LogP contribution in [0.3, 0.4) is 0 Å². The summed E-state index contributed by atoms with van der Waals surface area (Å²) < 4.78 is 10.8. The lowest BCUT2D eigenvalue weighted by atomic mass is 10.1. The van der Waals surface area contributed by atoms with Gasteiger partial charge in [0.2, 0.25) is 0 Å². The second-order valence-corrected chi connectivity index (χ2v) is 7.48. The zero-order chi connectivity index (χ0) is 19.9. The number of rotatable bonds is 7. The standard InChI is InChI=1S/C22H29NO4/c1-22(2,3)27-21(25)23(15-18-8-10-20(26-4)11-9-18)16-19-7-5-6-17(14-19)12-13-24/h5-11,14,24H,12-13,15-16H2,1-4H3. The number of aliphatic hydroxyl groups excluding tert-OH is 1. The molecule has 146 valence electrons. The fourth-order valence-corrected chi connectivity index (χ4v) is 2.70. The molecular formula is C22H29NO4. The van der Waals surface area contributed by atoms with Crippen molar-refractivity contribution in [2.24, 2.45) is 0 Å². The van der Waals surface area contributed by atoms with E-state index in [4.69, 9.17) is 14.6 Å². The molecule has 5 nitrogen and oxygen atoms in total. The molecule has 0 aliphatic rings. The first-order chi connectivity index (χ1) is 12.8. The molecule has 0 saturated carbocycles. The van der Waals surface area contributed by atoms with Crippen LogP contribution in [0.5, 0.6) is 5.75 Å². The first-order valence-corrected chi connectivity index (χ1v) is 9.10. The molecule has 1 N–H and O–H groups in total. The third kappa shape index (κ3) is 6.94. The van der Waals surface area contributed by atoms with Crippen LogP contribution in [0.2, 0.25) is 0 Å². The number of hydrogen-bond acceptors (Lipinski definition) is 4. The fraction of sp³-hybridized carbons (Fsp3) is 0.409. The second kappa shape index (κ2) is 9.42. The average molecular weight is 371 g/mol. The van der Waals surface area contributed by atoms with Crippen LogP contribution in [0.4, 0.5) is 4.79 Å². The molecule has 5 heteroatoms. The van der Waals surface area contributed by atoms with Gasteiger partial charge in [0.25, 0.3) is 0 Å². The van der Waals surface area contributed by atoms with Crippen LogP contribution in [-0.2, 0) is 24.2 Å². The average Bonchev–Trinajstić information content (AvgIpc) is 2.61. The minimum atomic E-state index is -0.562. The Bertz CT molecular complexity index is 735. The normalized spacial score (nSPS) is 11.1. The third-order valence-electron chi connectivity index (χ3n) is 3.95. The van der Waals surface area contributed by atoms with E-state index < -0.39 is 5.60 Å². The summed E-state index contributed by atoms with van der Waals surface area (Å²) in [6.45, 7) is 6.55. The highest BCUT2D eigenvalue weighted by atomic mass is 16.6. The molecule has 0 aliphatic carbocycles. The molecule has 0 atom stereocenters. The van der Waals surface area contributed by atoms with E-state index in [2.05, 4.69) is 0 Å². The molecule has 0 fully saturated rings. The van der Waals surface area contributed by atoms with E-state index in [9.17, 15) is 4.79 Å². The van der Waals surface area contributed by atoms with Crippen LogP contribution in [0.25, 0.3) is 0 Å². The van der Waals surface area contributed by atoms with Crippen molar-refractivity contribution < 1.29 is 19.4 Å². The van der Waals surface area contributed by atoms with Gasteiger partial charge in [-0.3, -0.25) is 4.90 Å². The molecule has 0 spiro atoms. The molecule has 0 radical (unpaired) electrons. The summed E-state index contributed by atoms with van der Waals surface area (Å²) in [5.41, 5.74) is 2.48. The van der Waals surface area contributed by atoms with Gasteiger partial charge in [0.1, 0.15) is 11.4 Å². The summed E-state index contributed by atoms with van der Waals surface area (Å²) in [6, 6.07) is 15.6. The Balaban J connectivity index is 2.20. The van der Waals surface area contributed by atoms with Crippen LogP contribution in [0.1, 0.15) is 37.5 Å². The lowest BCUT2D eigenvalue weighted by molar-refractivity contribution is 0.0216. The van der Waals surface area contributed by atoms with Crippen LogP contribution in [0.15, 0.2) is 48.5 Å². The van der Waals surface area contributed by atoms with E-state index in [-0.39, 0.29) is 12.7 Å². The van der Waals surface area contributed by atoms with Gasteiger partial charge in [-0.05, 0) is 56.0 Å². The van der Waals surface area contributed by atoms with Crippen molar-refractivity contribution in [3.8, 4) is 5.75 Å². The number of benzene rings is 2. The minimum Gasteiger partial charge on any atom is -0.497 e. The molecule has 2 rings (SSSR count). The second-order valence-electron chi connectivity index (χ2n) is 7.48. The largest absolute Gasteiger partial charge is 0.497 e. The fourth-order valence-electron chi connectivity index (χ4n) is 2.70. The van der Waals surface area contributed by atoms with Gasteiger partial charge >= 0.3 is 6.09 Å². The van der Waals surface area contributed by atoms with Gasteiger partial charge in [0.05, 0.1) is 7.11 Å². The molecule has 0 aliphatic heterocycles.